The minimum atomic E-state index is -4.19. The van der Waals surface area contributed by atoms with Gasteiger partial charge < -0.3 is 9.73 Å². The van der Waals surface area contributed by atoms with Crippen molar-refractivity contribution in [2.24, 2.45) is 0 Å². The molecule has 7 heteroatoms. The van der Waals surface area contributed by atoms with Gasteiger partial charge in [0.25, 0.3) is 0 Å². The van der Waals surface area contributed by atoms with Gasteiger partial charge in [0.1, 0.15) is 0 Å². The van der Waals surface area contributed by atoms with Crippen LogP contribution in [0.15, 0.2) is 4.42 Å². The highest BCUT2D eigenvalue weighted by molar-refractivity contribution is 4.83. The molecule has 0 saturated carbocycles. The summed E-state index contributed by atoms with van der Waals surface area (Å²) in [5, 5.41) is 10.4. The third-order valence-corrected chi connectivity index (χ3v) is 2.02. The molecule has 0 spiro atoms. The number of nitrogens with one attached hydrogen (secondary N) is 1. The highest BCUT2D eigenvalue weighted by atomic mass is 19.4. The Morgan fingerprint density at radius 2 is 1.76 bits per heavy atom. The van der Waals surface area contributed by atoms with Gasteiger partial charge in [-0.05, 0) is 0 Å². The second-order valence-electron chi connectivity index (χ2n) is 4.06. The van der Waals surface area contributed by atoms with Crippen LogP contribution in [0.2, 0.25) is 0 Å². The van der Waals surface area contributed by atoms with Gasteiger partial charge in [0.2, 0.25) is 11.8 Å². The van der Waals surface area contributed by atoms with Crippen LogP contribution in [0.3, 0.4) is 0 Å². The summed E-state index contributed by atoms with van der Waals surface area (Å²) in [6, 6.07) is 0.350. The largest absolute Gasteiger partial charge is 0.425 e. The van der Waals surface area contributed by atoms with Gasteiger partial charge in [0, 0.05) is 25.4 Å². The number of halogens is 3. The molecule has 0 fully saturated rings. The minimum Gasteiger partial charge on any atom is -0.425 e. The first-order valence-corrected chi connectivity index (χ1v) is 5.48. The Morgan fingerprint density at radius 1 is 1.18 bits per heavy atom. The molecule has 0 aliphatic heterocycles. The molecule has 1 heterocycles. The fourth-order valence-corrected chi connectivity index (χ4v) is 1.21. The van der Waals surface area contributed by atoms with Crippen LogP contribution in [-0.4, -0.2) is 29.0 Å². The zero-order chi connectivity index (χ0) is 12.9. The van der Waals surface area contributed by atoms with Crippen LogP contribution >= 0.6 is 0 Å². The lowest BCUT2D eigenvalue weighted by molar-refractivity contribution is -0.134. The summed E-state index contributed by atoms with van der Waals surface area (Å²) < 4.78 is 40.9. The maximum absolute atomic E-state index is 11.9. The maximum atomic E-state index is 11.9. The molecule has 0 amide bonds. The van der Waals surface area contributed by atoms with Crippen LogP contribution in [0.5, 0.6) is 0 Å². The second-order valence-corrected chi connectivity index (χ2v) is 4.06. The van der Waals surface area contributed by atoms with Gasteiger partial charge in [-0.15, -0.1) is 10.2 Å². The van der Waals surface area contributed by atoms with E-state index in [0.29, 0.717) is 24.9 Å². The number of rotatable bonds is 6. The van der Waals surface area contributed by atoms with E-state index in [-0.39, 0.29) is 12.3 Å². The van der Waals surface area contributed by atoms with Crippen LogP contribution < -0.4 is 5.32 Å². The summed E-state index contributed by atoms with van der Waals surface area (Å²) in [5.41, 5.74) is 0. The maximum Gasteiger partial charge on any atom is 0.389 e. The molecule has 1 rings (SSSR count). The first-order chi connectivity index (χ1) is 7.87. The number of hydrogen-bond donors (Lipinski definition) is 1. The number of nitrogens with zero attached hydrogens (tertiary/aromatic N) is 2. The van der Waals surface area contributed by atoms with E-state index in [9.17, 15) is 13.2 Å². The monoisotopic (exact) mass is 251 g/mol. The van der Waals surface area contributed by atoms with E-state index in [4.69, 9.17) is 4.42 Å². The fraction of sp³-hybridized carbons (Fsp3) is 0.800. The SMILES string of the molecule is CC(C)NCCc1nnc(CCC(F)(F)F)o1. The van der Waals surface area contributed by atoms with Gasteiger partial charge in [-0.25, -0.2) is 0 Å². The van der Waals surface area contributed by atoms with E-state index >= 15 is 0 Å². The van der Waals surface area contributed by atoms with Crippen molar-refractivity contribution in [1.29, 1.82) is 0 Å². The average Bonchev–Trinajstić information content (AvgIpc) is 2.61. The smallest absolute Gasteiger partial charge is 0.389 e. The molecular weight excluding hydrogens is 235 g/mol. The molecule has 1 aromatic rings. The molecule has 1 N–H and O–H groups in total. The van der Waals surface area contributed by atoms with E-state index in [0.717, 1.165) is 0 Å². The molecule has 4 nitrogen and oxygen atoms in total. The van der Waals surface area contributed by atoms with Crippen LogP contribution in [0.25, 0.3) is 0 Å². The molecule has 0 atom stereocenters. The molecule has 0 unspecified atom stereocenters. The molecule has 17 heavy (non-hydrogen) atoms. The predicted molar refractivity (Wildman–Crippen MR) is 55.5 cm³/mol. The third-order valence-electron chi connectivity index (χ3n) is 2.02. The molecule has 0 bridgehead atoms. The van der Waals surface area contributed by atoms with E-state index < -0.39 is 12.6 Å². The van der Waals surface area contributed by atoms with E-state index in [1.54, 1.807) is 0 Å². The van der Waals surface area contributed by atoms with Crippen LogP contribution in [0.1, 0.15) is 32.0 Å². The topological polar surface area (TPSA) is 51.0 Å². The molecular formula is C10H16F3N3O. The molecule has 0 saturated heterocycles. The van der Waals surface area contributed by atoms with Crippen molar-refractivity contribution in [2.45, 2.75) is 45.3 Å². The number of alkyl halides is 3. The number of aryl methyl sites for hydroxylation is 1. The molecule has 98 valence electrons. The van der Waals surface area contributed by atoms with Crippen molar-refractivity contribution >= 4 is 0 Å². The Hall–Kier alpha value is -1.11. The van der Waals surface area contributed by atoms with Crippen molar-refractivity contribution in [3.05, 3.63) is 11.8 Å². The van der Waals surface area contributed by atoms with Crippen molar-refractivity contribution in [3.8, 4) is 0 Å². The van der Waals surface area contributed by atoms with E-state index in [1.165, 1.54) is 0 Å². The Balaban J connectivity index is 2.32. The van der Waals surface area contributed by atoms with Gasteiger partial charge >= 0.3 is 6.18 Å². The van der Waals surface area contributed by atoms with Crippen LogP contribution in [-0.2, 0) is 12.8 Å². The summed E-state index contributed by atoms with van der Waals surface area (Å²) in [5.74, 6) is 0.414. The summed E-state index contributed by atoms with van der Waals surface area (Å²) in [4.78, 5) is 0. The predicted octanol–water partition coefficient (Wildman–Crippen LogP) is 2.10. The second kappa shape index (κ2) is 6.00. The average molecular weight is 251 g/mol. The summed E-state index contributed by atoms with van der Waals surface area (Å²) in [6.45, 7) is 4.67. The minimum absolute atomic E-state index is 0.0434. The standard InChI is InChI=1S/C10H16F3N3O/c1-7(2)14-6-4-9-16-15-8(17-9)3-5-10(11,12)13/h7,14H,3-6H2,1-2H3. The zero-order valence-electron chi connectivity index (χ0n) is 9.84. The lowest BCUT2D eigenvalue weighted by atomic mass is 10.3. The fourth-order valence-electron chi connectivity index (χ4n) is 1.21. The van der Waals surface area contributed by atoms with Gasteiger partial charge in [-0.1, -0.05) is 13.8 Å². The highest BCUT2D eigenvalue weighted by Gasteiger charge is 2.27. The summed E-state index contributed by atoms with van der Waals surface area (Å²) in [6.07, 6.45) is -4.85. The lowest BCUT2D eigenvalue weighted by Gasteiger charge is -2.05. The number of aromatic nitrogens is 2. The molecule has 0 aliphatic rings. The Labute approximate surface area is 97.6 Å². The first kappa shape index (κ1) is 14.0. The van der Waals surface area contributed by atoms with Gasteiger partial charge in [0.05, 0.1) is 6.42 Å². The number of hydrogen-bond acceptors (Lipinski definition) is 4. The van der Waals surface area contributed by atoms with Crippen molar-refractivity contribution in [2.75, 3.05) is 6.54 Å². The van der Waals surface area contributed by atoms with Gasteiger partial charge in [-0.3, -0.25) is 0 Å². The highest BCUT2D eigenvalue weighted by Crippen LogP contribution is 2.21. The van der Waals surface area contributed by atoms with Gasteiger partial charge in [0.15, 0.2) is 0 Å². The molecule has 0 radical (unpaired) electrons. The molecule has 1 aromatic heterocycles. The Morgan fingerprint density at radius 3 is 2.29 bits per heavy atom. The van der Waals surface area contributed by atoms with Crippen molar-refractivity contribution in [3.63, 3.8) is 0 Å². The normalized spacial score (nSPS) is 12.4. The van der Waals surface area contributed by atoms with Crippen molar-refractivity contribution < 1.29 is 17.6 Å². The van der Waals surface area contributed by atoms with Gasteiger partial charge in [-0.2, -0.15) is 13.2 Å². The molecule has 0 aromatic carbocycles. The summed E-state index contributed by atoms with van der Waals surface area (Å²) >= 11 is 0. The first-order valence-electron chi connectivity index (χ1n) is 5.48. The molecule has 0 aliphatic carbocycles. The van der Waals surface area contributed by atoms with E-state index in [2.05, 4.69) is 15.5 Å². The van der Waals surface area contributed by atoms with Crippen LogP contribution in [0, 0.1) is 0 Å². The summed E-state index contributed by atoms with van der Waals surface area (Å²) in [7, 11) is 0. The zero-order valence-corrected chi connectivity index (χ0v) is 9.84. The van der Waals surface area contributed by atoms with Crippen LogP contribution in [0.4, 0.5) is 13.2 Å². The van der Waals surface area contributed by atoms with Crippen molar-refractivity contribution in [1.82, 2.24) is 15.5 Å². The Bertz CT molecular complexity index is 336. The lowest BCUT2D eigenvalue weighted by Crippen LogP contribution is -2.25. The third kappa shape index (κ3) is 6.25. The quantitative estimate of drug-likeness (QED) is 0.841. The Kier molecular flexibility index (Phi) is 4.92. The van der Waals surface area contributed by atoms with E-state index in [1.807, 2.05) is 13.8 Å².